The van der Waals surface area contributed by atoms with Gasteiger partial charge in [-0.2, -0.15) is 0 Å². The first-order valence-electron chi connectivity index (χ1n) is 5.61. The molecule has 0 bridgehead atoms. The second-order valence-corrected chi connectivity index (χ2v) is 5.89. The zero-order valence-electron chi connectivity index (χ0n) is 10.5. The van der Waals surface area contributed by atoms with E-state index in [1.807, 2.05) is 38.1 Å². The second-order valence-electron chi connectivity index (χ2n) is 4.97. The summed E-state index contributed by atoms with van der Waals surface area (Å²) in [5.74, 6) is 0. The van der Waals surface area contributed by atoms with Gasteiger partial charge in [-0.1, -0.05) is 41.9 Å². The van der Waals surface area contributed by atoms with Gasteiger partial charge in [0.1, 0.15) is 0 Å². The molecule has 0 aromatic heterocycles. The van der Waals surface area contributed by atoms with E-state index in [9.17, 15) is 13.2 Å². The quantitative estimate of drug-likeness (QED) is 0.753. The first kappa shape index (κ1) is 15.5. The fourth-order valence-electron chi connectivity index (χ4n) is 2.02. The molecule has 0 fully saturated rings. The first-order valence-corrected chi connectivity index (χ1v) is 6.40. The van der Waals surface area contributed by atoms with Crippen LogP contribution in [-0.2, 0) is 10.2 Å². The van der Waals surface area contributed by atoms with Gasteiger partial charge in [-0.3, -0.25) is 4.74 Å². The maximum atomic E-state index is 12.1. The van der Waals surface area contributed by atoms with Gasteiger partial charge in [0.15, 0.2) is 0 Å². The maximum Gasteiger partial charge on any atom is 0.522 e. The Bertz CT molecular complexity index is 401. The Morgan fingerprint density at radius 2 is 1.89 bits per heavy atom. The van der Waals surface area contributed by atoms with Crippen LogP contribution in [-0.4, -0.2) is 12.5 Å². The Morgan fingerprint density at radius 3 is 2.39 bits per heavy atom. The summed E-state index contributed by atoms with van der Waals surface area (Å²) in [5.41, 5.74) is 0.601. The van der Waals surface area contributed by atoms with Crippen LogP contribution in [0.3, 0.4) is 0 Å². The van der Waals surface area contributed by atoms with Crippen LogP contribution in [0.15, 0.2) is 28.7 Å². The van der Waals surface area contributed by atoms with Crippen molar-refractivity contribution in [1.82, 2.24) is 0 Å². The van der Waals surface area contributed by atoms with E-state index >= 15 is 0 Å². The molecule has 1 rings (SSSR count). The SMILES string of the molecule is CC(CC(C)(C)c1cccc(Br)c1)OC(F)(F)F. The number of hydrogen-bond acceptors (Lipinski definition) is 1. The topological polar surface area (TPSA) is 9.23 Å². The van der Waals surface area contributed by atoms with Crippen LogP contribution in [0.1, 0.15) is 32.8 Å². The lowest BCUT2D eigenvalue weighted by atomic mass is 9.80. The lowest BCUT2D eigenvalue weighted by Gasteiger charge is -2.29. The molecule has 0 radical (unpaired) electrons. The standard InChI is InChI=1S/C13H16BrF3O/c1-9(18-13(15,16)17)8-12(2,3)10-5-4-6-11(14)7-10/h4-7,9H,8H2,1-3H3. The highest BCUT2D eigenvalue weighted by Crippen LogP contribution is 2.32. The van der Waals surface area contributed by atoms with Gasteiger partial charge < -0.3 is 0 Å². The van der Waals surface area contributed by atoms with E-state index in [4.69, 9.17) is 0 Å². The van der Waals surface area contributed by atoms with Crippen molar-refractivity contribution in [1.29, 1.82) is 0 Å². The molecule has 0 saturated heterocycles. The molecule has 0 aliphatic heterocycles. The van der Waals surface area contributed by atoms with E-state index in [0.717, 1.165) is 10.0 Å². The van der Waals surface area contributed by atoms with Gasteiger partial charge in [0.2, 0.25) is 0 Å². The molecule has 0 saturated carbocycles. The highest BCUT2D eigenvalue weighted by Gasteiger charge is 2.34. The average Bonchev–Trinajstić information content (AvgIpc) is 2.13. The summed E-state index contributed by atoms with van der Waals surface area (Å²) < 4.78 is 41.3. The number of rotatable bonds is 4. The van der Waals surface area contributed by atoms with Gasteiger partial charge in [0.25, 0.3) is 0 Å². The fourth-order valence-corrected chi connectivity index (χ4v) is 2.41. The molecular formula is C13H16BrF3O. The van der Waals surface area contributed by atoms with E-state index in [2.05, 4.69) is 20.7 Å². The summed E-state index contributed by atoms with van der Waals surface area (Å²) >= 11 is 3.36. The van der Waals surface area contributed by atoms with Crippen LogP contribution in [0.2, 0.25) is 0 Å². The third-order valence-corrected chi connectivity index (χ3v) is 3.23. The molecule has 102 valence electrons. The van der Waals surface area contributed by atoms with Crippen molar-refractivity contribution >= 4 is 15.9 Å². The normalized spacial score (nSPS) is 14.6. The minimum Gasteiger partial charge on any atom is -0.289 e. The molecule has 0 aliphatic carbocycles. The molecule has 5 heteroatoms. The largest absolute Gasteiger partial charge is 0.522 e. The molecule has 0 heterocycles. The molecule has 1 nitrogen and oxygen atoms in total. The monoisotopic (exact) mass is 324 g/mol. The molecule has 0 N–H and O–H groups in total. The van der Waals surface area contributed by atoms with Crippen molar-refractivity contribution < 1.29 is 17.9 Å². The molecule has 1 unspecified atom stereocenters. The summed E-state index contributed by atoms with van der Waals surface area (Å²) in [6.07, 6.45) is -5.16. The number of benzene rings is 1. The molecular weight excluding hydrogens is 309 g/mol. The number of ether oxygens (including phenoxy) is 1. The van der Waals surface area contributed by atoms with Crippen LogP contribution >= 0.6 is 15.9 Å². The summed E-state index contributed by atoms with van der Waals surface area (Å²) in [6, 6.07) is 7.58. The predicted octanol–water partition coefficient (Wildman–Crippen LogP) is 5.04. The van der Waals surface area contributed by atoms with E-state index in [0.29, 0.717) is 6.42 Å². The Hall–Kier alpha value is -0.550. The van der Waals surface area contributed by atoms with Crippen molar-refractivity contribution in [3.05, 3.63) is 34.3 Å². The van der Waals surface area contributed by atoms with Gasteiger partial charge in [0.05, 0.1) is 6.10 Å². The Morgan fingerprint density at radius 1 is 1.28 bits per heavy atom. The highest BCUT2D eigenvalue weighted by atomic mass is 79.9. The molecule has 1 aromatic rings. The Balaban J connectivity index is 2.75. The van der Waals surface area contributed by atoms with Crippen molar-refractivity contribution in [2.75, 3.05) is 0 Å². The number of hydrogen-bond donors (Lipinski definition) is 0. The molecule has 18 heavy (non-hydrogen) atoms. The first-order chi connectivity index (χ1) is 8.10. The molecule has 0 aliphatic rings. The average molecular weight is 325 g/mol. The van der Waals surface area contributed by atoms with Crippen LogP contribution < -0.4 is 0 Å². The van der Waals surface area contributed by atoms with Crippen LogP contribution in [0.4, 0.5) is 13.2 Å². The van der Waals surface area contributed by atoms with E-state index < -0.39 is 12.5 Å². The Kier molecular flexibility index (Phi) is 4.84. The van der Waals surface area contributed by atoms with Crippen molar-refractivity contribution in [2.24, 2.45) is 0 Å². The third kappa shape index (κ3) is 4.98. The zero-order valence-corrected chi connectivity index (χ0v) is 12.1. The lowest BCUT2D eigenvalue weighted by molar-refractivity contribution is -0.341. The van der Waals surface area contributed by atoms with Gasteiger partial charge in [0, 0.05) is 4.47 Å². The zero-order chi connectivity index (χ0) is 14.0. The molecule has 1 atom stereocenters. The minimum absolute atomic E-state index is 0.295. The van der Waals surface area contributed by atoms with Crippen molar-refractivity contribution in [2.45, 2.75) is 45.1 Å². The Labute approximate surface area is 113 Å². The highest BCUT2D eigenvalue weighted by molar-refractivity contribution is 9.10. The van der Waals surface area contributed by atoms with Crippen molar-refractivity contribution in [3.63, 3.8) is 0 Å². The third-order valence-electron chi connectivity index (χ3n) is 2.74. The summed E-state index contributed by atoms with van der Waals surface area (Å²) in [6.45, 7) is 5.25. The van der Waals surface area contributed by atoms with E-state index in [1.54, 1.807) is 0 Å². The fraction of sp³-hybridized carbons (Fsp3) is 0.538. The van der Waals surface area contributed by atoms with Gasteiger partial charge in [-0.05, 0) is 36.5 Å². The summed E-state index contributed by atoms with van der Waals surface area (Å²) in [5, 5.41) is 0. The van der Waals surface area contributed by atoms with Gasteiger partial charge in [-0.25, -0.2) is 0 Å². The smallest absolute Gasteiger partial charge is 0.289 e. The molecule has 1 aromatic carbocycles. The lowest BCUT2D eigenvalue weighted by Crippen LogP contribution is -2.29. The summed E-state index contributed by atoms with van der Waals surface area (Å²) in [7, 11) is 0. The maximum absolute atomic E-state index is 12.1. The molecule has 0 spiro atoms. The minimum atomic E-state index is -4.58. The summed E-state index contributed by atoms with van der Waals surface area (Å²) in [4.78, 5) is 0. The van der Waals surface area contributed by atoms with E-state index in [1.165, 1.54) is 6.92 Å². The van der Waals surface area contributed by atoms with Crippen LogP contribution in [0.25, 0.3) is 0 Å². The molecule has 0 amide bonds. The number of alkyl halides is 3. The van der Waals surface area contributed by atoms with Crippen LogP contribution in [0, 0.1) is 0 Å². The predicted molar refractivity (Wildman–Crippen MR) is 68.4 cm³/mol. The van der Waals surface area contributed by atoms with Crippen LogP contribution in [0.5, 0.6) is 0 Å². The second kappa shape index (κ2) is 5.61. The number of halogens is 4. The van der Waals surface area contributed by atoms with Crippen molar-refractivity contribution in [3.8, 4) is 0 Å². The van der Waals surface area contributed by atoms with E-state index in [-0.39, 0.29) is 5.41 Å². The van der Waals surface area contributed by atoms with Gasteiger partial charge >= 0.3 is 6.36 Å². The van der Waals surface area contributed by atoms with Gasteiger partial charge in [-0.15, -0.1) is 13.2 Å².